The van der Waals surface area contributed by atoms with Crippen LogP contribution in [0.5, 0.6) is 5.75 Å². The number of aromatic nitrogens is 2. The SMILES string of the molecule is COc1ccc(C(=O)Nc2ccc(-n3ccc(C(N)=O)n3)cc2)cc1S(=O)(=O)NC1CC1. The van der Waals surface area contributed by atoms with Crippen LogP contribution in [0.2, 0.25) is 0 Å². The molecule has 0 bridgehead atoms. The Balaban J connectivity index is 1.52. The van der Waals surface area contributed by atoms with Crippen molar-refractivity contribution in [2.45, 2.75) is 23.8 Å². The van der Waals surface area contributed by atoms with Gasteiger partial charge in [-0.05, 0) is 61.4 Å². The van der Waals surface area contributed by atoms with Gasteiger partial charge in [0.15, 0.2) is 0 Å². The van der Waals surface area contributed by atoms with Crippen LogP contribution in [0.25, 0.3) is 5.69 Å². The first kappa shape index (κ1) is 21.5. The zero-order valence-electron chi connectivity index (χ0n) is 17.1. The molecule has 4 rings (SSSR count). The number of primary amides is 1. The van der Waals surface area contributed by atoms with Crippen LogP contribution in [0.3, 0.4) is 0 Å². The molecule has 3 aromatic rings. The Morgan fingerprint density at radius 3 is 2.44 bits per heavy atom. The van der Waals surface area contributed by atoms with E-state index in [1.54, 1.807) is 30.5 Å². The number of carbonyl (C=O) groups is 2. The molecule has 0 aliphatic heterocycles. The predicted molar refractivity (Wildman–Crippen MR) is 116 cm³/mol. The van der Waals surface area contributed by atoms with E-state index < -0.39 is 21.8 Å². The second kappa shape index (κ2) is 8.44. The van der Waals surface area contributed by atoms with E-state index in [1.807, 2.05) is 0 Å². The van der Waals surface area contributed by atoms with Crippen LogP contribution in [-0.2, 0) is 10.0 Å². The molecule has 4 N–H and O–H groups in total. The summed E-state index contributed by atoms with van der Waals surface area (Å²) in [6.45, 7) is 0. The maximum atomic E-state index is 12.7. The fraction of sp³-hybridized carbons (Fsp3) is 0.190. The summed E-state index contributed by atoms with van der Waals surface area (Å²) in [5.41, 5.74) is 6.69. The highest BCUT2D eigenvalue weighted by atomic mass is 32.2. The molecule has 166 valence electrons. The van der Waals surface area contributed by atoms with Crippen LogP contribution >= 0.6 is 0 Å². The molecule has 0 spiro atoms. The second-order valence-corrected chi connectivity index (χ2v) is 8.95. The molecule has 1 saturated carbocycles. The Morgan fingerprint density at radius 1 is 1.12 bits per heavy atom. The van der Waals surface area contributed by atoms with Gasteiger partial charge in [-0.1, -0.05) is 0 Å². The maximum Gasteiger partial charge on any atom is 0.269 e. The molecule has 0 radical (unpaired) electrons. The number of nitrogens with one attached hydrogen (secondary N) is 2. The van der Waals surface area contributed by atoms with Crippen LogP contribution in [0.15, 0.2) is 59.6 Å². The van der Waals surface area contributed by atoms with Crippen LogP contribution in [-0.4, -0.2) is 43.2 Å². The van der Waals surface area contributed by atoms with Gasteiger partial charge in [-0.3, -0.25) is 9.59 Å². The Kier molecular flexibility index (Phi) is 5.68. The number of ether oxygens (including phenoxy) is 1. The van der Waals surface area contributed by atoms with Crippen molar-refractivity contribution in [2.24, 2.45) is 5.73 Å². The first-order chi connectivity index (χ1) is 15.3. The van der Waals surface area contributed by atoms with E-state index in [0.717, 1.165) is 12.8 Å². The smallest absolute Gasteiger partial charge is 0.269 e. The highest BCUT2D eigenvalue weighted by Gasteiger charge is 2.30. The van der Waals surface area contributed by atoms with E-state index in [-0.39, 0.29) is 27.9 Å². The number of sulfonamides is 1. The van der Waals surface area contributed by atoms with Crippen LogP contribution in [0.4, 0.5) is 5.69 Å². The topological polar surface area (TPSA) is 145 Å². The minimum absolute atomic E-state index is 0.0745. The summed E-state index contributed by atoms with van der Waals surface area (Å²) in [6, 6.07) is 12.4. The summed E-state index contributed by atoms with van der Waals surface area (Å²) in [6.07, 6.45) is 3.18. The van der Waals surface area contributed by atoms with E-state index in [4.69, 9.17) is 10.5 Å². The molecule has 2 amide bonds. The molecule has 2 aromatic carbocycles. The van der Waals surface area contributed by atoms with Crippen LogP contribution < -0.4 is 20.5 Å². The van der Waals surface area contributed by atoms with Gasteiger partial charge in [0.2, 0.25) is 10.0 Å². The summed E-state index contributed by atoms with van der Waals surface area (Å²) in [5, 5.41) is 6.80. The minimum atomic E-state index is -3.81. The third-order valence-corrected chi connectivity index (χ3v) is 6.39. The summed E-state index contributed by atoms with van der Waals surface area (Å²) in [5.74, 6) is -0.937. The first-order valence-electron chi connectivity index (χ1n) is 9.74. The van der Waals surface area contributed by atoms with Gasteiger partial charge in [-0.15, -0.1) is 0 Å². The Morgan fingerprint density at radius 2 is 1.84 bits per heavy atom. The monoisotopic (exact) mass is 455 g/mol. The number of nitrogens with two attached hydrogens (primary N) is 1. The van der Waals surface area contributed by atoms with Crippen molar-refractivity contribution in [3.05, 3.63) is 66.0 Å². The lowest BCUT2D eigenvalue weighted by Crippen LogP contribution is -2.26. The highest BCUT2D eigenvalue weighted by molar-refractivity contribution is 7.89. The summed E-state index contributed by atoms with van der Waals surface area (Å²) in [7, 11) is -2.43. The normalized spacial score (nSPS) is 13.5. The largest absolute Gasteiger partial charge is 0.495 e. The van der Waals surface area contributed by atoms with Crippen molar-refractivity contribution < 1.29 is 22.7 Å². The van der Waals surface area contributed by atoms with Crippen molar-refractivity contribution in [3.8, 4) is 11.4 Å². The zero-order valence-corrected chi connectivity index (χ0v) is 17.9. The number of amides is 2. The van der Waals surface area contributed by atoms with E-state index in [1.165, 1.54) is 36.1 Å². The highest BCUT2D eigenvalue weighted by Crippen LogP contribution is 2.28. The molecule has 32 heavy (non-hydrogen) atoms. The molecule has 1 aliphatic rings. The van der Waals surface area contributed by atoms with Gasteiger partial charge in [0, 0.05) is 23.5 Å². The number of rotatable bonds is 8. The summed E-state index contributed by atoms with van der Waals surface area (Å²) < 4.78 is 34.5. The third kappa shape index (κ3) is 4.63. The van der Waals surface area contributed by atoms with Gasteiger partial charge in [0.25, 0.3) is 11.8 Å². The van der Waals surface area contributed by atoms with E-state index in [9.17, 15) is 18.0 Å². The second-order valence-electron chi connectivity index (χ2n) is 7.27. The standard InChI is InChI=1S/C21H21N5O5S/c1-31-18-9-2-13(12-19(18)32(29,30)25-15-3-4-15)21(28)23-14-5-7-16(8-6-14)26-11-10-17(24-26)20(22)27/h2,5-12,15,25H,3-4H2,1H3,(H2,22,27)(H,23,28). The Hall–Kier alpha value is -3.70. The molecule has 1 fully saturated rings. The molecule has 11 heteroatoms. The molecule has 0 unspecified atom stereocenters. The van der Waals surface area contributed by atoms with E-state index in [2.05, 4.69) is 15.1 Å². The average molecular weight is 455 g/mol. The molecule has 1 heterocycles. The lowest BCUT2D eigenvalue weighted by atomic mass is 10.2. The van der Waals surface area contributed by atoms with Crippen LogP contribution in [0.1, 0.15) is 33.7 Å². The van der Waals surface area contributed by atoms with Gasteiger partial charge >= 0.3 is 0 Å². The molecule has 1 aliphatic carbocycles. The van der Waals surface area contributed by atoms with Gasteiger partial charge < -0.3 is 15.8 Å². The summed E-state index contributed by atoms with van der Waals surface area (Å²) in [4.78, 5) is 23.8. The number of anilines is 1. The number of methoxy groups -OCH3 is 1. The zero-order chi connectivity index (χ0) is 22.9. The molecular weight excluding hydrogens is 434 g/mol. The third-order valence-electron chi connectivity index (χ3n) is 4.85. The van der Waals surface area contributed by atoms with E-state index >= 15 is 0 Å². The predicted octanol–water partition coefficient (Wildman–Crippen LogP) is 1.67. The summed E-state index contributed by atoms with van der Waals surface area (Å²) >= 11 is 0. The quantitative estimate of drug-likeness (QED) is 0.471. The minimum Gasteiger partial charge on any atom is -0.495 e. The van der Waals surface area contributed by atoms with Gasteiger partial charge in [-0.25, -0.2) is 17.8 Å². The van der Waals surface area contributed by atoms with Crippen molar-refractivity contribution in [1.29, 1.82) is 0 Å². The Bertz CT molecular complexity index is 1280. The average Bonchev–Trinajstić information content (AvgIpc) is 3.43. The lowest BCUT2D eigenvalue weighted by Gasteiger charge is -2.12. The number of hydrogen-bond acceptors (Lipinski definition) is 6. The number of hydrogen-bond donors (Lipinski definition) is 3. The first-order valence-corrected chi connectivity index (χ1v) is 11.2. The maximum absolute atomic E-state index is 12.7. The van der Waals surface area contributed by atoms with Crippen molar-refractivity contribution in [1.82, 2.24) is 14.5 Å². The number of nitrogens with zero attached hydrogens (tertiary/aromatic N) is 2. The molecule has 10 nitrogen and oxygen atoms in total. The Labute approximate surface area is 184 Å². The molecule has 0 saturated heterocycles. The number of benzene rings is 2. The fourth-order valence-corrected chi connectivity index (χ4v) is 4.51. The fourth-order valence-electron chi connectivity index (χ4n) is 3.01. The van der Waals surface area contributed by atoms with Gasteiger partial charge in [-0.2, -0.15) is 5.10 Å². The van der Waals surface area contributed by atoms with E-state index in [0.29, 0.717) is 11.4 Å². The van der Waals surface area contributed by atoms with Crippen molar-refractivity contribution in [3.63, 3.8) is 0 Å². The molecule has 1 aromatic heterocycles. The van der Waals surface area contributed by atoms with Crippen molar-refractivity contribution >= 4 is 27.5 Å². The van der Waals surface area contributed by atoms with Gasteiger partial charge in [0.1, 0.15) is 16.3 Å². The number of carbonyl (C=O) groups excluding carboxylic acids is 2. The van der Waals surface area contributed by atoms with Gasteiger partial charge in [0.05, 0.1) is 12.8 Å². The van der Waals surface area contributed by atoms with Crippen molar-refractivity contribution in [2.75, 3.05) is 12.4 Å². The molecular formula is C21H21N5O5S. The molecule has 0 atom stereocenters. The van der Waals surface area contributed by atoms with Crippen LogP contribution in [0, 0.1) is 0 Å². The lowest BCUT2D eigenvalue weighted by molar-refractivity contribution is 0.0993.